The molecule has 5 rings (SSSR count). The summed E-state index contributed by atoms with van der Waals surface area (Å²) in [6, 6.07) is 35.1. The second kappa shape index (κ2) is 11.2. The van der Waals surface area contributed by atoms with Crippen molar-refractivity contribution in [3.05, 3.63) is 143 Å². The van der Waals surface area contributed by atoms with Crippen molar-refractivity contribution in [2.45, 2.75) is 13.1 Å². The molecule has 38 heavy (non-hydrogen) atoms. The molecule has 0 unspecified atom stereocenters. The Balaban J connectivity index is 1.33. The zero-order valence-electron chi connectivity index (χ0n) is 20.4. The summed E-state index contributed by atoms with van der Waals surface area (Å²) in [6.07, 6.45) is 0. The smallest absolute Gasteiger partial charge is 0.283 e. The van der Waals surface area contributed by atoms with E-state index in [2.05, 4.69) is 5.32 Å². The maximum absolute atomic E-state index is 13.5. The highest BCUT2D eigenvalue weighted by atomic mass is 35.5. The first kappa shape index (κ1) is 25.0. The van der Waals surface area contributed by atoms with Gasteiger partial charge < -0.3 is 10.2 Å². The summed E-state index contributed by atoms with van der Waals surface area (Å²) in [5.41, 5.74) is 3.53. The molecule has 1 heterocycles. The number of hydrogen-bond donors (Lipinski definition) is 1. The molecule has 0 saturated heterocycles. The van der Waals surface area contributed by atoms with Crippen molar-refractivity contribution in [2.24, 2.45) is 0 Å². The zero-order valence-corrected chi connectivity index (χ0v) is 21.1. The van der Waals surface area contributed by atoms with Gasteiger partial charge in [-0.3, -0.25) is 14.4 Å². The normalized spacial score (nSPS) is 13.1. The Bertz CT molecular complexity index is 1450. The van der Waals surface area contributed by atoms with Gasteiger partial charge in [-0.05, 0) is 47.5 Å². The van der Waals surface area contributed by atoms with Gasteiger partial charge in [0.25, 0.3) is 17.7 Å². The van der Waals surface area contributed by atoms with Crippen molar-refractivity contribution in [1.29, 1.82) is 0 Å². The summed E-state index contributed by atoms with van der Waals surface area (Å²) in [4.78, 5) is 42.0. The number of amides is 3. The van der Waals surface area contributed by atoms with Crippen LogP contribution in [0.3, 0.4) is 0 Å². The van der Waals surface area contributed by atoms with Gasteiger partial charge in [0.05, 0.1) is 5.69 Å². The van der Waals surface area contributed by atoms with E-state index < -0.39 is 11.8 Å². The number of carbonyl (C=O) groups is 3. The van der Waals surface area contributed by atoms with E-state index in [0.717, 1.165) is 16.0 Å². The fraction of sp³-hybridized carbons (Fsp3) is 0.0645. The largest absolute Gasteiger partial charge is 0.350 e. The van der Waals surface area contributed by atoms with Gasteiger partial charge in [-0.25, -0.2) is 4.90 Å². The molecule has 0 bridgehead atoms. The molecule has 0 aliphatic carbocycles. The third-order valence-electron chi connectivity index (χ3n) is 6.16. The minimum absolute atomic E-state index is 0.00521. The Morgan fingerprint density at radius 3 is 1.71 bits per heavy atom. The van der Waals surface area contributed by atoms with E-state index in [1.54, 1.807) is 59.5 Å². The number of rotatable bonds is 8. The number of halogens is 1. The first-order chi connectivity index (χ1) is 18.5. The van der Waals surface area contributed by atoms with Crippen molar-refractivity contribution in [3.63, 3.8) is 0 Å². The Morgan fingerprint density at radius 2 is 1.18 bits per heavy atom. The molecule has 0 aromatic heterocycles. The van der Waals surface area contributed by atoms with Crippen LogP contribution in [0.2, 0.25) is 0 Å². The van der Waals surface area contributed by atoms with Gasteiger partial charge in [-0.1, -0.05) is 90.5 Å². The van der Waals surface area contributed by atoms with Gasteiger partial charge in [0, 0.05) is 24.3 Å². The summed E-state index contributed by atoms with van der Waals surface area (Å²) in [6.45, 7) is 0.923. The van der Waals surface area contributed by atoms with Crippen LogP contribution in [0.5, 0.6) is 0 Å². The van der Waals surface area contributed by atoms with E-state index in [-0.39, 0.29) is 16.6 Å². The van der Waals surface area contributed by atoms with Gasteiger partial charge in [-0.15, -0.1) is 0 Å². The average molecular weight is 522 g/mol. The van der Waals surface area contributed by atoms with Gasteiger partial charge in [0.15, 0.2) is 0 Å². The van der Waals surface area contributed by atoms with E-state index in [0.29, 0.717) is 30.0 Å². The van der Waals surface area contributed by atoms with Crippen molar-refractivity contribution < 1.29 is 14.4 Å². The van der Waals surface area contributed by atoms with E-state index in [9.17, 15) is 14.4 Å². The van der Waals surface area contributed by atoms with Gasteiger partial charge in [0.1, 0.15) is 10.7 Å². The minimum atomic E-state index is -0.588. The summed E-state index contributed by atoms with van der Waals surface area (Å²) >= 11 is 6.24. The Kier molecular flexibility index (Phi) is 7.33. The number of imide groups is 1. The quantitative estimate of drug-likeness (QED) is 0.290. The molecule has 1 N–H and O–H groups in total. The maximum Gasteiger partial charge on any atom is 0.283 e. The van der Waals surface area contributed by atoms with Crippen LogP contribution in [0.25, 0.3) is 0 Å². The molecular formula is C31H24ClN3O3. The van der Waals surface area contributed by atoms with Gasteiger partial charge in [-0.2, -0.15) is 0 Å². The molecule has 0 atom stereocenters. The predicted molar refractivity (Wildman–Crippen MR) is 148 cm³/mol. The van der Waals surface area contributed by atoms with Crippen LogP contribution in [-0.2, 0) is 22.7 Å². The lowest BCUT2D eigenvalue weighted by atomic mass is 10.1. The van der Waals surface area contributed by atoms with Crippen LogP contribution in [0.15, 0.2) is 126 Å². The van der Waals surface area contributed by atoms with Gasteiger partial charge in [0.2, 0.25) is 0 Å². The number of nitrogens with zero attached hydrogens (tertiary/aromatic N) is 2. The molecule has 1 aliphatic rings. The summed E-state index contributed by atoms with van der Waals surface area (Å²) in [5, 5.41) is 2.77. The van der Waals surface area contributed by atoms with Crippen molar-refractivity contribution in [2.75, 3.05) is 10.2 Å². The number of anilines is 2. The average Bonchev–Trinajstić information content (AvgIpc) is 3.17. The maximum atomic E-state index is 13.5. The standard InChI is InChI=1S/C31H24ClN3O3/c32-27-28(31(38)35(30(27)37)26-14-8-3-9-15-26)33-25-18-16-24(17-19-25)29(36)34(20-22-10-4-1-5-11-22)21-23-12-6-2-7-13-23/h1-19,33H,20-21H2. The summed E-state index contributed by atoms with van der Waals surface area (Å²) in [7, 11) is 0. The second-order valence-corrected chi connectivity index (χ2v) is 9.18. The molecule has 3 amide bonds. The molecule has 0 radical (unpaired) electrons. The van der Waals surface area contributed by atoms with Gasteiger partial charge >= 0.3 is 0 Å². The monoisotopic (exact) mass is 521 g/mol. The molecule has 7 heteroatoms. The summed E-state index contributed by atoms with van der Waals surface area (Å²) in [5.74, 6) is -1.25. The first-order valence-electron chi connectivity index (χ1n) is 12.1. The van der Waals surface area contributed by atoms with E-state index >= 15 is 0 Å². The second-order valence-electron chi connectivity index (χ2n) is 8.81. The number of nitrogens with one attached hydrogen (secondary N) is 1. The Morgan fingerprint density at radius 1 is 0.684 bits per heavy atom. The van der Waals surface area contributed by atoms with Crippen LogP contribution in [0.1, 0.15) is 21.5 Å². The van der Waals surface area contributed by atoms with Crippen molar-refractivity contribution in [3.8, 4) is 0 Å². The number of para-hydroxylation sites is 1. The third kappa shape index (κ3) is 5.36. The third-order valence-corrected chi connectivity index (χ3v) is 6.51. The highest BCUT2D eigenvalue weighted by Crippen LogP contribution is 2.30. The van der Waals surface area contributed by atoms with Crippen LogP contribution >= 0.6 is 11.6 Å². The van der Waals surface area contributed by atoms with Crippen LogP contribution < -0.4 is 10.2 Å². The van der Waals surface area contributed by atoms with Crippen LogP contribution in [0, 0.1) is 0 Å². The minimum Gasteiger partial charge on any atom is -0.350 e. The molecule has 0 spiro atoms. The molecule has 188 valence electrons. The Hall–Kier alpha value is -4.68. The lowest BCUT2D eigenvalue weighted by molar-refractivity contribution is -0.120. The number of hydrogen-bond acceptors (Lipinski definition) is 4. The fourth-order valence-electron chi connectivity index (χ4n) is 4.25. The number of benzene rings is 4. The zero-order chi connectivity index (χ0) is 26.5. The predicted octanol–water partition coefficient (Wildman–Crippen LogP) is 5.96. The van der Waals surface area contributed by atoms with E-state index in [4.69, 9.17) is 11.6 Å². The van der Waals surface area contributed by atoms with Crippen molar-refractivity contribution >= 4 is 40.7 Å². The molecule has 6 nitrogen and oxygen atoms in total. The lowest BCUT2D eigenvalue weighted by Crippen LogP contribution is -2.32. The van der Waals surface area contributed by atoms with Crippen molar-refractivity contribution in [1.82, 2.24) is 4.90 Å². The first-order valence-corrected chi connectivity index (χ1v) is 12.5. The van der Waals surface area contributed by atoms with Crippen LogP contribution in [0.4, 0.5) is 11.4 Å². The van der Waals surface area contributed by atoms with Crippen LogP contribution in [-0.4, -0.2) is 22.6 Å². The molecule has 4 aromatic carbocycles. The SMILES string of the molecule is O=C(c1ccc(NC2=C(Cl)C(=O)N(c3ccccc3)C2=O)cc1)N(Cc1ccccc1)Cc1ccccc1. The lowest BCUT2D eigenvalue weighted by Gasteiger charge is -2.23. The Labute approximate surface area is 225 Å². The highest BCUT2D eigenvalue weighted by molar-refractivity contribution is 6.53. The number of carbonyl (C=O) groups excluding carboxylic acids is 3. The summed E-state index contributed by atoms with van der Waals surface area (Å²) < 4.78 is 0. The highest BCUT2D eigenvalue weighted by Gasteiger charge is 2.38. The van der Waals surface area contributed by atoms with E-state index in [1.807, 2.05) is 60.7 Å². The molecular weight excluding hydrogens is 498 g/mol. The topological polar surface area (TPSA) is 69.7 Å². The molecule has 4 aromatic rings. The molecule has 0 saturated carbocycles. The molecule has 0 fully saturated rings. The fourth-order valence-corrected chi connectivity index (χ4v) is 4.47. The van der Waals surface area contributed by atoms with E-state index in [1.165, 1.54) is 0 Å². The molecule has 1 aliphatic heterocycles.